The van der Waals surface area contributed by atoms with Crippen molar-refractivity contribution >= 4 is 59.0 Å². The van der Waals surface area contributed by atoms with E-state index in [-0.39, 0.29) is 36.6 Å². The number of hydrogen-bond donors (Lipinski definition) is 1. The summed E-state index contributed by atoms with van der Waals surface area (Å²) >= 11 is 2.79. The molecule has 4 heterocycles. The number of carboxylic acids is 1. The predicted molar refractivity (Wildman–Crippen MR) is 132 cm³/mol. The van der Waals surface area contributed by atoms with Crippen LogP contribution >= 0.6 is 23.5 Å². The van der Waals surface area contributed by atoms with Crippen molar-refractivity contribution in [1.29, 1.82) is 0 Å². The molecule has 4 saturated heterocycles. The fourth-order valence-corrected chi connectivity index (χ4v) is 8.74. The molecule has 0 bridgehead atoms. The van der Waals surface area contributed by atoms with E-state index in [4.69, 9.17) is 9.47 Å². The fraction of sp³-hybridized carbons (Fsp3) is 0.739. The molecule has 4 aliphatic heterocycles. The lowest BCUT2D eigenvalue weighted by atomic mass is 9.82. The van der Waals surface area contributed by atoms with Crippen molar-refractivity contribution in [2.45, 2.75) is 92.2 Å². The number of fused-ring (bicyclic) bond motifs is 2. The van der Waals surface area contributed by atoms with Crippen LogP contribution in [-0.4, -0.2) is 101 Å². The molecule has 0 unspecified atom stereocenters. The minimum Gasteiger partial charge on any atom is -0.479 e. The molecule has 0 spiro atoms. The Balaban J connectivity index is 1.49. The minimum absolute atomic E-state index is 0.0227. The van der Waals surface area contributed by atoms with Gasteiger partial charge in [-0.15, -0.1) is 23.5 Å². The van der Waals surface area contributed by atoms with Crippen molar-refractivity contribution in [2.75, 3.05) is 13.2 Å². The van der Waals surface area contributed by atoms with Crippen LogP contribution in [0.25, 0.3) is 0 Å². The van der Waals surface area contributed by atoms with Crippen LogP contribution in [0.5, 0.6) is 0 Å². The topological polar surface area (TPSA) is 143 Å². The predicted octanol–water partition coefficient (Wildman–Crippen LogP) is 1.28. The van der Waals surface area contributed by atoms with Crippen LogP contribution in [0.1, 0.15) is 54.4 Å². The van der Waals surface area contributed by atoms with Crippen LogP contribution in [-0.2, 0) is 33.4 Å². The second-order valence-corrected chi connectivity index (χ2v) is 13.9. The highest BCUT2D eigenvalue weighted by molar-refractivity contribution is 8.02. The number of aliphatic imine (C=N–C) groups is 1. The molecular weight excluding hydrogens is 510 g/mol. The Bertz CT molecular complexity index is 1060. The number of hydrogen-bond acceptors (Lipinski definition) is 10. The molecule has 0 aromatic carbocycles. The second-order valence-electron chi connectivity index (χ2n) is 10.4. The minimum atomic E-state index is -1.70. The van der Waals surface area contributed by atoms with Gasteiger partial charge < -0.3 is 24.4 Å². The number of carbonyl (C=O) groups excluding carboxylic acids is 4. The van der Waals surface area contributed by atoms with E-state index in [9.17, 15) is 29.1 Å². The van der Waals surface area contributed by atoms with Gasteiger partial charge in [-0.1, -0.05) is 0 Å². The van der Waals surface area contributed by atoms with Gasteiger partial charge in [-0.05, 0) is 41.5 Å². The maximum absolute atomic E-state index is 13.3. The number of ether oxygens (including phenoxy) is 2. The van der Waals surface area contributed by atoms with E-state index >= 15 is 0 Å². The normalized spacial score (nSPS) is 33.9. The zero-order valence-corrected chi connectivity index (χ0v) is 22.7. The van der Waals surface area contributed by atoms with Gasteiger partial charge in [0.05, 0.1) is 29.6 Å². The molecule has 198 valence electrons. The van der Waals surface area contributed by atoms with Gasteiger partial charge in [-0.2, -0.15) is 0 Å². The lowest BCUT2D eigenvalue weighted by molar-refractivity contribution is -0.180. The molecule has 13 heteroatoms. The summed E-state index contributed by atoms with van der Waals surface area (Å²) in [5.74, 6) is -3.01. The first-order valence-corrected chi connectivity index (χ1v) is 13.5. The summed E-state index contributed by atoms with van der Waals surface area (Å²) in [5.41, 5.74) is -1.23. The van der Waals surface area contributed by atoms with E-state index in [1.807, 2.05) is 13.8 Å². The Hall–Kier alpha value is -2.28. The van der Waals surface area contributed by atoms with Crippen molar-refractivity contribution in [3.05, 3.63) is 0 Å². The molecule has 0 aromatic heterocycles. The standard InChI is InChI=1S/C23H31N3O8S2/c1-7-33-14(28)8-11(2)24-15-17(29)25-16(21(3,4)36-18(15)25)19(30)34-10-23(20(31)32)22(5,6)35-13-9-12(27)26(13)23/h13,15-16,18H,7-10H2,1-6H3,(H,31,32)/t13-,15-,16+,18-,23+/m1/s1. The van der Waals surface area contributed by atoms with Crippen molar-refractivity contribution < 1.29 is 38.6 Å². The van der Waals surface area contributed by atoms with Gasteiger partial charge in [-0.3, -0.25) is 19.4 Å². The Kier molecular flexibility index (Phi) is 6.64. The van der Waals surface area contributed by atoms with E-state index in [1.165, 1.54) is 33.3 Å². The summed E-state index contributed by atoms with van der Waals surface area (Å²) in [6, 6.07) is -1.67. The van der Waals surface area contributed by atoms with Crippen LogP contribution in [0.4, 0.5) is 0 Å². The number of aliphatic carboxylic acids is 1. The second kappa shape index (κ2) is 8.93. The molecule has 1 N–H and O–H groups in total. The largest absolute Gasteiger partial charge is 0.479 e. The Labute approximate surface area is 217 Å². The van der Waals surface area contributed by atoms with E-state index in [2.05, 4.69) is 4.99 Å². The molecule has 2 amide bonds. The summed E-state index contributed by atoms with van der Waals surface area (Å²) in [6.45, 7) is 10.2. The van der Waals surface area contributed by atoms with Gasteiger partial charge >= 0.3 is 17.9 Å². The molecule has 0 radical (unpaired) electrons. The van der Waals surface area contributed by atoms with Gasteiger partial charge in [0.25, 0.3) is 5.91 Å². The lowest BCUT2D eigenvalue weighted by Gasteiger charge is -2.46. The number of esters is 2. The first kappa shape index (κ1) is 26.8. The third-order valence-electron chi connectivity index (χ3n) is 7.22. The maximum atomic E-state index is 13.3. The molecule has 0 aliphatic carbocycles. The number of rotatable bonds is 8. The molecular formula is C23H31N3O8S2. The van der Waals surface area contributed by atoms with Crippen LogP contribution in [0.3, 0.4) is 0 Å². The monoisotopic (exact) mass is 541 g/mol. The van der Waals surface area contributed by atoms with Crippen LogP contribution in [0.2, 0.25) is 0 Å². The zero-order chi connectivity index (χ0) is 26.8. The van der Waals surface area contributed by atoms with Gasteiger partial charge in [0.1, 0.15) is 18.0 Å². The van der Waals surface area contributed by atoms with Crippen molar-refractivity contribution in [2.24, 2.45) is 4.99 Å². The average molecular weight is 542 g/mol. The van der Waals surface area contributed by atoms with Crippen molar-refractivity contribution in [1.82, 2.24) is 9.80 Å². The quantitative estimate of drug-likeness (QED) is 0.271. The third-order valence-corrected chi connectivity index (χ3v) is 10.4. The summed E-state index contributed by atoms with van der Waals surface area (Å²) in [7, 11) is 0. The highest BCUT2D eigenvalue weighted by Gasteiger charge is 2.71. The third kappa shape index (κ3) is 3.89. The molecule has 5 atom stereocenters. The number of carbonyl (C=O) groups is 5. The molecule has 4 aliphatic rings. The first-order chi connectivity index (χ1) is 16.7. The lowest BCUT2D eigenvalue weighted by Crippen LogP contribution is -2.70. The summed E-state index contributed by atoms with van der Waals surface area (Å²) in [6.07, 6.45) is 0.232. The smallest absolute Gasteiger partial charge is 0.334 e. The van der Waals surface area contributed by atoms with Crippen LogP contribution in [0.15, 0.2) is 4.99 Å². The molecule has 0 aromatic rings. The van der Waals surface area contributed by atoms with Crippen LogP contribution in [0, 0.1) is 0 Å². The van der Waals surface area contributed by atoms with E-state index in [0.29, 0.717) is 5.71 Å². The maximum Gasteiger partial charge on any atom is 0.334 e. The Morgan fingerprint density at radius 1 is 1.14 bits per heavy atom. The van der Waals surface area contributed by atoms with Gasteiger partial charge in [0.15, 0.2) is 11.6 Å². The summed E-state index contributed by atoms with van der Waals surface area (Å²) in [5, 5.41) is 9.50. The number of nitrogens with zero attached hydrogens (tertiary/aromatic N) is 3. The fourth-order valence-electron chi connectivity index (χ4n) is 5.38. The zero-order valence-electron chi connectivity index (χ0n) is 21.1. The van der Waals surface area contributed by atoms with Crippen molar-refractivity contribution in [3.63, 3.8) is 0 Å². The highest BCUT2D eigenvalue weighted by atomic mass is 32.2. The first-order valence-electron chi connectivity index (χ1n) is 11.8. The van der Waals surface area contributed by atoms with Gasteiger partial charge in [0.2, 0.25) is 5.91 Å². The van der Waals surface area contributed by atoms with Gasteiger partial charge in [-0.25, -0.2) is 9.59 Å². The van der Waals surface area contributed by atoms with Gasteiger partial charge in [0, 0.05) is 10.5 Å². The number of thioether (sulfide) groups is 2. The summed E-state index contributed by atoms with van der Waals surface area (Å²) in [4.78, 5) is 70.0. The van der Waals surface area contributed by atoms with E-state index < -0.39 is 57.0 Å². The number of carboxylic acid groups (broad SMARTS) is 1. The Morgan fingerprint density at radius 2 is 1.81 bits per heavy atom. The Morgan fingerprint density at radius 3 is 2.39 bits per heavy atom. The molecule has 36 heavy (non-hydrogen) atoms. The molecule has 4 rings (SSSR count). The number of amides is 2. The van der Waals surface area contributed by atoms with Crippen molar-refractivity contribution in [3.8, 4) is 0 Å². The SMILES string of the molecule is CCOC(=O)CC(C)=N[C@@H]1C(=O)N2[C@@H]1SC(C)(C)[C@@H]2C(=O)OC[C@@]1(C(=O)O)N2C(=O)C[C@H]2SC1(C)C. The molecule has 4 fully saturated rings. The average Bonchev–Trinajstić information content (AvgIpc) is 3.12. The molecule has 11 nitrogen and oxygen atoms in total. The van der Waals surface area contributed by atoms with E-state index in [1.54, 1.807) is 27.7 Å². The van der Waals surface area contributed by atoms with Crippen LogP contribution < -0.4 is 0 Å². The number of β-lactam (4-membered cyclic amide) rings is 2. The highest BCUT2D eigenvalue weighted by Crippen LogP contribution is 2.57. The summed E-state index contributed by atoms with van der Waals surface area (Å²) < 4.78 is 8.93. The molecule has 0 saturated carbocycles. The van der Waals surface area contributed by atoms with E-state index in [0.717, 1.165) is 0 Å².